The monoisotopic (exact) mass is 262 g/mol. The fourth-order valence-electron chi connectivity index (χ4n) is 0.935. The molecule has 1 heterocycles. The highest BCUT2D eigenvalue weighted by molar-refractivity contribution is 7.14. The lowest BCUT2D eigenvalue weighted by Crippen LogP contribution is -2.29. The number of alkyl halides is 1. The fraction of sp³-hybridized carbons (Fsp3) is 0.444. The van der Waals surface area contributed by atoms with Crippen molar-refractivity contribution in [3.8, 4) is 0 Å². The number of esters is 1. The van der Waals surface area contributed by atoms with Gasteiger partial charge in [-0.1, -0.05) is 0 Å². The summed E-state index contributed by atoms with van der Waals surface area (Å²) in [5.41, 5.74) is 0.696. The van der Waals surface area contributed by atoms with E-state index in [-0.39, 0.29) is 0 Å². The summed E-state index contributed by atoms with van der Waals surface area (Å²) < 4.78 is 4.72. The van der Waals surface area contributed by atoms with Crippen LogP contribution in [0.15, 0.2) is 5.38 Å². The molecular weight excluding hydrogens is 252 g/mol. The first kappa shape index (κ1) is 12.9. The Hall–Kier alpha value is -1.14. The molecule has 0 aliphatic carbocycles. The minimum atomic E-state index is -0.833. The number of carbonyl (C=O) groups excluding carboxylic acids is 2. The van der Waals surface area contributed by atoms with Gasteiger partial charge in [-0.05, 0) is 6.92 Å². The summed E-state index contributed by atoms with van der Waals surface area (Å²) in [4.78, 5) is 26.2. The first-order chi connectivity index (χ1) is 7.52. The molecule has 0 aliphatic rings. The zero-order valence-electron chi connectivity index (χ0n) is 8.82. The first-order valence-electron chi connectivity index (χ1n) is 4.51. The molecule has 88 valence electrons. The standard InChI is InChI=1S/C9H11ClN2O3S/c1-5(15-6(2)13)8(14)12-9-11-7(3-10)4-16-9/h4-5H,3H2,1-2H3,(H,11,12,14). The van der Waals surface area contributed by atoms with E-state index in [4.69, 9.17) is 16.3 Å². The summed E-state index contributed by atoms with van der Waals surface area (Å²) in [6.07, 6.45) is -0.833. The van der Waals surface area contributed by atoms with E-state index >= 15 is 0 Å². The topological polar surface area (TPSA) is 68.3 Å². The molecule has 1 rings (SSSR count). The van der Waals surface area contributed by atoms with E-state index in [1.807, 2.05) is 0 Å². The molecular formula is C9H11ClN2O3S. The number of aromatic nitrogens is 1. The number of halogens is 1. The van der Waals surface area contributed by atoms with Crippen molar-refractivity contribution in [3.05, 3.63) is 11.1 Å². The lowest BCUT2D eigenvalue weighted by atomic mass is 10.4. The van der Waals surface area contributed by atoms with Crippen LogP contribution in [0.25, 0.3) is 0 Å². The van der Waals surface area contributed by atoms with Crippen LogP contribution in [0, 0.1) is 0 Å². The van der Waals surface area contributed by atoms with E-state index in [0.717, 1.165) is 0 Å². The van der Waals surface area contributed by atoms with Crippen LogP contribution in [0.3, 0.4) is 0 Å². The van der Waals surface area contributed by atoms with Crippen LogP contribution in [-0.2, 0) is 20.2 Å². The Kier molecular flexibility index (Phi) is 4.70. The molecule has 0 fully saturated rings. The van der Waals surface area contributed by atoms with Gasteiger partial charge in [-0.3, -0.25) is 14.9 Å². The van der Waals surface area contributed by atoms with Gasteiger partial charge >= 0.3 is 5.97 Å². The van der Waals surface area contributed by atoms with E-state index in [0.29, 0.717) is 16.7 Å². The SMILES string of the molecule is CC(=O)OC(C)C(=O)Nc1nc(CCl)cs1. The van der Waals surface area contributed by atoms with Crippen LogP contribution in [0.4, 0.5) is 5.13 Å². The van der Waals surface area contributed by atoms with Crippen LogP contribution in [0.1, 0.15) is 19.5 Å². The van der Waals surface area contributed by atoms with Gasteiger partial charge in [0.25, 0.3) is 5.91 Å². The van der Waals surface area contributed by atoms with E-state index < -0.39 is 18.0 Å². The minimum Gasteiger partial charge on any atom is -0.453 e. The van der Waals surface area contributed by atoms with Crippen molar-refractivity contribution >= 4 is 39.9 Å². The van der Waals surface area contributed by atoms with E-state index in [9.17, 15) is 9.59 Å². The van der Waals surface area contributed by atoms with Gasteiger partial charge in [-0.2, -0.15) is 0 Å². The average Bonchev–Trinajstić information content (AvgIpc) is 2.64. The molecule has 7 heteroatoms. The summed E-state index contributed by atoms with van der Waals surface area (Å²) in [5.74, 6) is -0.611. The molecule has 16 heavy (non-hydrogen) atoms. The van der Waals surface area contributed by atoms with Crippen molar-refractivity contribution in [2.45, 2.75) is 25.8 Å². The Morgan fingerprint density at radius 3 is 2.88 bits per heavy atom. The number of amides is 1. The molecule has 1 atom stereocenters. The number of thiazole rings is 1. The van der Waals surface area contributed by atoms with Gasteiger partial charge in [0.1, 0.15) is 0 Å². The Balaban J connectivity index is 2.53. The van der Waals surface area contributed by atoms with E-state index in [2.05, 4.69) is 10.3 Å². The normalized spacial score (nSPS) is 11.9. The van der Waals surface area contributed by atoms with Crippen molar-refractivity contribution in [2.75, 3.05) is 5.32 Å². The number of nitrogens with one attached hydrogen (secondary N) is 1. The van der Waals surface area contributed by atoms with Crippen LogP contribution < -0.4 is 5.32 Å². The molecule has 0 spiro atoms. The highest BCUT2D eigenvalue weighted by Crippen LogP contribution is 2.16. The van der Waals surface area contributed by atoms with Crippen molar-refractivity contribution < 1.29 is 14.3 Å². The molecule has 0 saturated carbocycles. The van der Waals surface area contributed by atoms with Crippen molar-refractivity contribution in [1.82, 2.24) is 4.98 Å². The van der Waals surface area contributed by atoms with Crippen LogP contribution in [0.5, 0.6) is 0 Å². The summed E-state index contributed by atoms with van der Waals surface area (Å²) in [7, 11) is 0. The number of carbonyl (C=O) groups is 2. The van der Waals surface area contributed by atoms with Gasteiger partial charge in [0.2, 0.25) is 0 Å². The molecule has 0 aromatic carbocycles. The van der Waals surface area contributed by atoms with Gasteiger partial charge in [0.15, 0.2) is 11.2 Å². The second kappa shape index (κ2) is 5.81. The highest BCUT2D eigenvalue weighted by Gasteiger charge is 2.16. The third kappa shape index (κ3) is 3.79. The van der Waals surface area contributed by atoms with Gasteiger partial charge in [-0.15, -0.1) is 22.9 Å². The molecule has 0 saturated heterocycles. The highest BCUT2D eigenvalue weighted by atomic mass is 35.5. The summed E-state index contributed by atoms with van der Waals surface area (Å²) in [6, 6.07) is 0. The molecule has 1 aromatic heterocycles. The summed E-state index contributed by atoms with van der Waals surface area (Å²) in [6.45, 7) is 2.74. The van der Waals surface area contributed by atoms with Gasteiger partial charge in [0.05, 0.1) is 11.6 Å². The van der Waals surface area contributed by atoms with Gasteiger partial charge in [-0.25, -0.2) is 4.98 Å². The fourth-order valence-corrected chi connectivity index (χ4v) is 1.88. The molecule has 1 aromatic rings. The summed E-state index contributed by atoms with van der Waals surface area (Å²) >= 11 is 6.84. The number of rotatable bonds is 4. The van der Waals surface area contributed by atoms with Crippen molar-refractivity contribution in [3.63, 3.8) is 0 Å². The molecule has 0 radical (unpaired) electrons. The maximum Gasteiger partial charge on any atom is 0.303 e. The second-order valence-corrected chi connectivity index (χ2v) is 4.14. The number of anilines is 1. The maximum absolute atomic E-state index is 11.5. The molecule has 1 unspecified atom stereocenters. The third-order valence-electron chi connectivity index (χ3n) is 1.63. The molecule has 5 nitrogen and oxygen atoms in total. The Morgan fingerprint density at radius 1 is 1.69 bits per heavy atom. The van der Waals surface area contributed by atoms with Crippen LogP contribution in [0.2, 0.25) is 0 Å². The largest absolute Gasteiger partial charge is 0.453 e. The minimum absolute atomic E-state index is 0.297. The molecule has 0 bridgehead atoms. The van der Waals surface area contributed by atoms with Crippen molar-refractivity contribution in [1.29, 1.82) is 0 Å². The quantitative estimate of drug-likeness (QED) is 0.663. The molecule has 1 amide bonds. The maximum atomic E-state index is 11.5. The number of ether oxygens (including phenoxy) is 1. The van der Waals surface area contributed by atoms with Crippen LogP contribution >= 0.6 is 22.9 Å². The lowest BCUT2D eigenvalue weighted by Gasteiger charge is -2.10. The second-order valence-electron chi connectivity index (χ2n) is 3.02. The number of nitrogens with zero attached hydrogens (tertiary/aromatic N) is 1. The van der Waals surface area contributed by atoms with Crippen molar-refractivity contribution in [2.24, 2.45) is 0 Å². The number of hydrogen-bond donors (Lipinski definition) is 1. The summed E-state index contributed by atoms with van der Waals surface area (Å²) in [5, 5.41) is 4.73. The first-order valence-corrected chi connectivity index (χ1v) is 5.92. The smallest absolute Gasteiger partial charge is 0.303 e. The van der Waals surface area contributed by atoms with E-state index in [1.54, 1.807) is 5.38 Å². The van der Waals surface area contributed by atoms with Gasteiger partial charge in [0, 0.05) is 12.3 Å². The predicted octanol–water partition coefficient (Wildman–Crippen LogP) is 1.77. The van der Waals surface area contributed by atoms with Crippen LogP contribution in [-0.4, -0.2) is 23.0 Å². The average molecular weight is 263 g/mol. The predicted molar refractivity (Wildman–Crippen MR) is 61.5 cm³/mol. The molecule has 0 aliphatic heterocycles. The third-order valence-corrected chi connectivity index (χ3v) is 2.71. The Bertz CT molecular complexity index is 394. The van der Waals surface area contributed by atoms with E-state index in [1.165, 1.54) is 25.2 Å². The van der Waals surface area contributed by atoms with Gasteiger partial charge < -0.3 is 4.74 Å². The number of hydrogen-bond acceptors (Lipinski definition) is 5. The Labute approximate surface area is 102 Å². The zero-order valence-corrected chi connectivity index (χ0v) is 10.4. The molecule has 1 N–H and O–H groups in total. The lowest BCUT2D eigenvalue weighted by molar-refractivity contribution is -0.150. The Morgan fingerprint density at radius 2 is 2.38 bits per heavy atom. The zero-order chi connectivity index (χ0) is 12.1.